The molecule has 6 nitrogen and oxygen atoms in total. The third-order valence-corrected chi connectivity index (χ3v) is 4.07. The fourth-order valence-electron chi connectivity index (χ4n) is 2.67. The summed E-state index contributed by atoms with van der Waals surface area (Å²) in [5.41, 5.74) is 0.917. The van der Waals surface area contributed by atoms with E-state index in [1.807, 2.05) is 13.8 Å². The van der Waals surface area contributed by atoms with E-state index < -0.39 is 23.6 Å². The van der Waals surface area contributed by atoms with Crippen molar-refractivity contribution < 1.29 is 28.6 Å². The molecule has 2 rings (SSSR count). The number of Topliss-reactive ketones (excluding diaryl/α,β-unsaturated/α-hetero) is 1. The summed E-state index contributed by atoms with van der Waals surface area (Å²) >= 11 is 0. The smallest absolute Gasteiger partial charge is 0.337 e. The van der Waals surface area contributed by atoms with Gasteiger partial charge >= 0.3 is 11.9 Å². The number of rotatable bonds is 5. The van der Waals surface area contributed by atoms with E-state index in [1.165, 1.54) is 6.92 Å². The molecule has 0 fully saturated rings. The Morgan fingerprint density at radius 3 is 2.65 bits per heavy atom. The molecule has 0 radical (unpaired) electrons. The fraction of sp³-hybridized carbons (Fsp3) is 0.450. The van der Waals surface area contributed by atoms with Gasteiger partial charge in [-0.15, -0.1) is 0 Å². The van der Waals surface area contributed by atoms with Crippen LogP contribution < -0.4 is 4.74 Å². The zero-order valence-electron chi connectivity index (χ0n) is 15.8. The number of allylic oxidation sites excluding steroid dienone is 1. The molecule has 26 heavy (non-hydrogen) atoms. The number of ether oxygens (including phenoxy) is 3. The summed E-state index contributed by atoms with van der Waals surface area (Å²) in [6, 6.07) is 5.20. The summed E-state index contributed by atoms with van der Waals surface area (Å²) in [4.78, 5) is 35.5. The van der Waals surface area contributed by atoms with Gasteiger partial charge in [-0.25, -0.2) is 4.79 Å². The van der Waals surface area contributed by atoms with Crippen LogP contribution in [0.15, 0.2) is 29.8 Å². The maximum atomic E-state index is 12.4. The van der Waals surface area contributed by atoms with Crippen LogP contribution in [0.25, 0.3) is 0 Å². The van der Waals surface area contributed by atoms with Gasteiger partial charge in [0.05, 0.1) is 17.6 Å². The quantitative estimate of drug-likeness (QED) is 0.590. The number of esters is 2. The van der Waals surface area contributed by atoms with Gasteiger partial charge in [-0.2, -0.15) is 0 Å². The van der Waals surface area contributed by atoms with Gasteiger partial charge in [0, 0.05) is 6.92 Å². The first kappa shape index (κ1) is 19.7. The average Bonchev–Trinajstić information content (AvgIpc) is 2.53. The molecule has 1 aromatic rings. The Morgan fingerprint density at radius 1 is 1.35 bits per heavy atom. The standard InChI is InChI=1S/C20H24O6/c1-6-14(11-24-13(3)21)19(23)25-12(2)15-7-8-18-16(9-15)17(22)10-20(4,5)26-18/h6-9,12H,10-11H2,1-5H3. The van der Waals surface area contributed by atoms with Crippen LogP contribution in [0.2, 0.25) is 0 Å². The molecule has 1 heterocycles. The average molecular weight is 360 g/mol. The summed E-state index contributed by atoms with van der Waals surface area (Å²) in [7, 11) is 0. The maximum Gasteiger partial charge on any atom is 0.337 e. The third-order valence-electron chi connectivity index (χ3n) is 4.07. The van der Waals surface area contributed by atoms with Gasteiger partial charge < -0.3 is 14.2 Å². The molecule has 1 atom stereocenters. The van der Waals surface area contributed by atoms with Crippen molar-refractivity contribution in [2.75, 3.05) is 6.61 Å². The number of fused-ring (bicyclic) bond motifs is 1. The van der Waals surface area contributed by atoms with Crippen molar-refractivity contribution in [3.63, 3.8) is 0 Å². The van der Waals surface area contributed by atoms with Crippen molar-refractivity contribution in [2.45, 2.75) is 52.7 Å². The van der Waals surface area contributed by atoms with Crippen LogP contribution in [0.3, 0.4) is 0 Å². The second kappa shape index (κ2) is 7.72. The van der Waals surface area contributed by atoms with Crippen molar-refractivity contribution in [1.82, 2.24) is 0 Å². The Kier molecular flexibility index (Phi) is 5.85. The predicted molar refractivity (Wildman–Crippen MR) is 95.0 cm³/mol. The highest BCUT2D eigenvalue weighted by Crippen LogP contribution is 2.35. The van der Waals surface area contributed by atoms with Gasteiger partial charge in [-0.1, -0.05) is 12.1 Å². The zero-order chi connectivity index (χ0) is 19.5. The molecule has 6 heteroatoms. The van der Waals surface area contributed by atoms with E-state index in [0.717, 1.165) is 0 Å². The minimum atomic E-state index is -0.567. The lowest BCUT2D eigenvalue weighted by atomic mass is 9.91. The van der Waals surface area contributed by atoms with E-state index in [-0.39, 0.29) is 18.0 Å². The van der Waals surface area contributed by atoms with Gasteiger partial charge in [0.2, 0.25) is 0 Å². The van der Waals surface area contributed by atoms with Gasteiger partial charge in [0.25, 0.3) is 0 Å². The lowest BCUT2D eigenvalue weighted by Gasteiger charge is -2.32. The molecule has 1 unspecified atom stereocenters. The molecular weight excluding hydrogens is 336 g/mol. The van der Waals surface area contributed by atoms with Crippen LogP contribution in [0.1, 0.15) is 63.1 Å². The Labute approximate surface area is 153 Å². The number of hydrogen-bond donors (Lipinski definition) is 0. The summed E-state index contributed by atoms with van der Waals surface area (Å²) in [6.45, 7) is 8.26. The highest BCUT2D eigenvalue weighted by molar-refractivity contribution is 6.00. The van der Waals surface area contributed by atoms with E-state index >= 15 is 0 Å². The topological polar surface area (TPSA) is 78.9 Å². The Hall–Kier alpha value is -2.63. The third kappa shape index (κ3) is 4.71. The van der Waals surface area contributed by atoms with Crippen molar-refractivity contribution in [2.24, 2.45) is 0 Å². The molecule has 0 aliphatic carbocycles. The number of carbonyl (C=O) groups excluding carboxylic acids is 3. The molecule has 0 spiro atoms. The summed E-state index contributed by atoms with van der Waals surface area (Å²) in [6.07, 6.45) is 1.27. The first-order valence-corrected chi connectivity index (χ1v) is 8.48. The van der Waals surface area contributed by atoms with Crippen LogP contribution in [-0.2, 0) is 19.1 Å². The van der Waals surface area contributed by atoms with Crippen molar-refractivity contribution in [1.29, 1.82) is 0 Å². The van der Waals surface area contributed by atoms with E-state index in [0.29, 0.717) is 23.3 Å². The van der Waals surface area contributed by atoms with Gasteiger partial charge in [0.1, 0.15) is 24.1 Å². The second-order valence-electron chi connectivity index (χ2n) is 6.86. The molecule has 0 saturated carbocycles. The van der Waals surface area contributed by atoms with E-state index in [4.69, 9.17) is 14.2 Å². The maximum absolute atomic E-state index is 12.4. The van der Waals surface area contributed by atoms with Crippen LogP contribution in [-0.4, -0.2) is 29.9 Å². The summed E-state index contributed by atoms with van der Waals surface area (Å²) < 4.78 is 16.1. The normalized spacial score (nSPS) is 17.0. The highest BCUT2D eigenvalue weighted by Gasteiger charge is 2.33. The van der Waals surface area contributed by atoms with Gasteiger partial charge in [-0.3, -0.25) is 9.59 Å². The monoisotopic (exact) mass is 360 g/mol. The Morgan fingerprint density at radius 2 is 2.04 bits per heavy atom. The first-order valence-electron chi connectivity index (χ1n) is 8.48. The molecule has 1 aliphatic rings. The van der Waals surface area contributed by atoms with Crippen molar-refractivity contribution in [3.05, 3.63) is 41.0 Å². The Balaban J connectivity index is 2.12. The van der Waals surface area contributed by atoms with Crippen LogP contribution >= 0.6 is 0 Å². The van der Waals surface area contributed by atoms with Gasteiger partial charge in [0.15, 0.2) is 5.78 Å². The summed E-state index contributed by atoms with van der Waals surface area (Å²) in [5.74, 6) is -0.498. The molecule has 0 amide bonds. The van der Waals surface area contributed by atoms with E-state index in [1.54, 1.807) is 38.1 Å². The van der Waals surface area contributed by atoms with Crippen LogP contribution in [0.5, 0.6) is 5.75 Å². The molecule has 1 aliphatic heterocycles. The number of benzene rings is 1. The van der Waals surface area contributed by atoms with Crippen LogP contribution in [0.4, 0.5) is 0 Å². The number of hydrogen-bond acceptors (Lipinski definition) is 6. The highest BCUT2D eigenvalue weighted by atomic mass is 16.6. The molecule has 0 saturated heterocycles. The van der Waals surface area contributed by atoms with Crippen LogP contribution in [0, 0.1) is 0 Å². The second-order valence-corrected chi connectivity index (χ2v) is 6.86. The number of ketones is 1. The lowest BCUT2D eigenvalue weighted by molar-refractivity contribution is -0.146. The van der Waals surface area contributed by atoms with Crippen molar-refractivity contribution >= 4 is 17.7 Å². The zero-order valence-corrected chi connectivity index (χ0v) is 15.8. The molecule has 0 N–H and O–H groups in total. The first-order chi connectivity index (χ1) is 12.1. The minimum absolute atomic E-state index is 0.000581. The molecule has 0 aromatic heterocycles. The lowest BCUT2D eigenvalue weighted by Crippen LogP contribution is -2.35. The molecule has 0 bridgehead atoms. The Bertz CT molecular complexity index is 760. The summed E-state index contributed by atoms with van der Waals surface area (Å²) in [5, 5.41) is 0. The van der Waals surface area contributed by atoms with Crippen molar-refractivity contribution in [3.8, 4) is 5.75 Å². The molecule has 140 valence electrons. The molecule has 1 aromatic carbocycles. The minimum Gasteiger partial charge on any atom is -0.487 e. The largest absolute Gasteiger partial charge is 0.487 e. The van der Waals surface area contributed by atoms with E-state index in [2.05, 4.69) is 0 Å². The predicted octanol–water partition coefficient (Wildman–Crippen LogP) is 3.54. The molecular formula is C20H24O6. The van der Waals surface area contributed by atoms with Gasteiger partial charge in [-0.05, 0) is 45.4 Å². The van der Waals surface area contributed by atoms with E-state index in [9.17, 15) is 14.4 Å². The fourth-order valence-corrected chi connectivity index (χ4v) is 2.67. The number of carbonyl (C=O) groups is 3. The SMILES string of the molecule is CC=C(COC(C)=O)C(=O)OC(C)c1ccc2c(c1)C(=O)CC(C)(C)O2.